The van der Waals surface area contributed by atoms with Crippen molar-refractivity contribution in [2.45, 2.75) is 45.1 Å². The molecule has 0 bridgehead atoms. The standard InChI is InChI=1S/C15H22N2O/c1-3-12-8-4-5-9-13(12)17-14(18)15(2)10-6-7-11-16-15/h4-5,8-9,16H,3,6-7,10-11H2,1-2H3,(H,17,18). The quantitative estimate of drug-likeness (QED) is 0.861. The third kappa shape index (κ3) is 2.72. The molecule has 3 nitrogen and oxygen atoms in total. The van der Waals surface area contributed by atoms with Crippen molar-refractivity contribution in [2.75, 3.05) is 11.9 Å². The molecule has 1 amide bonds. The first-order valence-electron chi connectivity index (χ1n) is 6.80. The number of hydrogen-bond acceptors (Lipinski definition) is 2. The molecule has 0 spiro atoms. The van der Waals surface area contributed by atoms with Crippen LogP contribution < -0.4 is 10.6 Å². The van der Waals surface area contributed by atoms with Gasteiger partial charge in [0.1, 0.15) is 0 Å². The van der Waals surface area contributed by atoms with Gasteiger partial charge in [0.2, 0.25) is 5.91 Å². The second kappa shape index (κ2) is 5.53. The maximum atomic E-state index is 12.4. The van der Waals surface area contributed by atoms with Gasteiger partial charge in [0.05, 0.1) is 5.54 Å². The molecule has 2 rings (SSSR count). The Labute approximate surface area is 109 Å². The van der Waals surface area contributed by atoms with E-state index in [2.05, 4.69) is 23.6 Å². The van der Waals surface area contributed by atoms with E-state index in [4.69, 9.17) is 0 Å². The highest BCUT2D eigenvalue weighted by atomic mass is 16.2. The Morgan fingerprint density at radius 2 is 2.17 bits per heavy atom. The second-order valence-corrected chi connectivity index (χ2v) is 5.18. The molecule has 0 saturated carbocycles. The molecule has 1 saturated heterocycles. The number of benzene rings is 1. The molecule has 1 unspecified atom stereocenters. The van der Waals surface area contributed by atoms with Gasteiger partial charge in [-0.05, 0) is 50.8 Å². The number of anilines is 1. The Morgan fingerprint density at radius 1 is 1.39 bits per heavy atom. The smallest absolute Gasteiger partial charge is 0.244 e. The summed E-state index contributed by atoms with van der Waals surface area (Å²) < 4.78 is 0. The summed E-state index contributed by atoms with van der Waals surface area (Å²) in [5.74, 6) is 0.0862. The molecular weight excluding hydrogens is 224 g/mol. The van der Waals surface area contributed by atoms with Crippen molar-refractivity contribution >= 4 is 11.6 Å². The average Bonchev–Trinajstić information content (AvgIpc) is 2.40. The first-order valence-corrected chi connectivity index (χ1v) is 6.80. The molecule has 0 radical (unpaired) electrons. The van der Waals surface area contributed by atoms with Gasteiger partial charge in [0.25, 0.3) is 0 Å². The molecule has 0 aliphatic carbocycles. The molecule has 1 aliphatic heterocycles. The van der Waals surface area contributed by atoms with Crippen LogP contribution >= 0.6 is 0 Å². The van der Waals surface area contributed by atoms with Crippen LogP contribution in [-0.2, 0) is 11.2 Å². The zero-order valence-electron chi connectivity index (χ0n) is 11.3. The summed E-state index contributed by atoms with van der Waals surface area (Å²) in [6, 6.07) is 8.01. The minimum Gasteiger partial charge on any atom is -0.324 e. The number of aryl methyl sites for hydroxylation is 1. The highest BCUT2D eigenvalue weighted by Crippen LogP contribution is 2.22. The van der Waals surface area contributed by atoms with Gasteiger partial charge in [-0.2, -0.15) is 0 Å². The molecular formula is C15H22N2O. The summed E-state index contributed by atoms with van der Waals surface area (Å²) in [7, 11) is 0. The molecule has 1 atom stereocenters. The Morgan fingerprint density at radius 3 is 2.83 bits per heavy atom. The fourth-order valence-electron chi connectivity index (χ4n) is 2.46. The molecule has 1 aromatic rings. The predicted molar refractivity (Wildman–Crippen MR) is 74.7 cm³/mol. The van der Waals surface area contributed by atoms with Gasteiger partial charge in [-0.25, -0.2) is 0 Å². The lowest BCUT2D eigenvalue weighted by molar-refractivity contribution is -0.122. The molecule has 3 heteroatoms. The monoisotopic (exact) mass is 246 g/mol. The third-order valence-electron chi connectivity index (χ3n) is 3.77. The van der Waals surface area contributed by atoms with E-state index in [0.29, 0.717) is 0 Å². The topological polar surface area (TPSA) is 41.1 Å². The molecule has 1 heterocycles. The van der Waals surface area contributed by atoms with Crippen LogP contribution in [0, 0.1) is 0 Å². The number of carbonyl (C=O) groups is 1. The normalized spacial score (nSPS) is 23.7. The Kier molecular flexibility index (Phi) is 4.02. The van der Waals surface area contributed by atoms with Crippen LogP contribution in [0.15, 0.2) is 24.3 Å². The van der Waals surface area contributed by atoms with Crippen molar-refractivity contribution in [1.82, 2.24) is 5.32 Å². The molecule has 98 valence electrons. The summed E-state index contributed by atoms with van der Waals surface area (Å²) in [5, 5.41) is 6.41. The summed E-state index contributed by atoms with van der Waals surface area (Å²) in [6.45, 7) is 5.03. The van der Waals surface area contributed by atoms with Crippen molar-refractivity contribution in [2.24, 2.45) is 0 Å². The third-order valence-corrected chi connectivity index (χ3v) is 3.77. The second-order valence-electron chi connectivity index (χ2n) is 5.18. The largest absolute Gasteiger partial charge is 0.324 e. The van der Waals surface area contributed by atoms with Crippen molar-refractivity contribution in [3.63, 3.8) is 0 Å². The zero-order chi connectivity index (χ0) is 13.0. The van der Waals surface area contributed by atoms with E-state index >= 15 is 0 Å². The van der Waals surface area contributed by atoms with Gasteiger partial charge in [-0.3, -0.25) is 4.79 Å². The average molecular weight is 246 g/mol. The highest BCUT2D eigenvalue weighted by molar-refractivity contribution is 5.98. The molecule has 0 aromatic heterocycles. The summed E-state index contributed by atoms with van der Waals surface area (Å²) >= 11 is 0. The van der Waals surface area contributed by atoms with Crippen molar-refractivity contribution < 1.29 is 4.79 Å². The van der Waals surface area contributed by atoms with E-state index in [1.54, 1.807) is 0 Å². The SMILES string of the molecule is CCc1ccccc1NC(=O)C1(C)CCCCN1. The van der Waals surface area contributed by atoms with Gasteiger partial charge < -0.3 is 10.6 Å². The van der Waals surface area contributed by atoms with Gasteiger partial charge in [-0.15, -0.1) is 0 Å². The Hall–Kier alpha value is -1.35. The van der Waals surface area contributed by atoms with Crippen LogP contribution in [-0.4, -0.2) is 18.0 Å². The lowest BCUT2D eigenvalue weighted by Gasteiger charge is -2.33. The van der Waals surface area contributed by atoms with E-state index in [9.17, 15) is 4.79 Å². The van der Waals surface area contributed by atoms with Crippen molar-refractivity contribution in [3.05, 3.63) is 29.8 Å². The maximum absolute atomic E-state index is 12.4. The van der Waals surface area contributed by atoms with Crippen molar-refractivity contribution in [3.8, 4) is 0 Å². The number of nitrogens with one attached hydrogen (secondary N) is 2. The van der Waals surface area contributed by atoms with Gasteiger partial charge in [0.15, 0.2) is 0 Å². The van der Waals surface area contributed by atoms with Gasteiger partial charge >= 0.3 is 0 Å². The molecule has 2 N–H and O–H groups in total. The van der Waals surface area contributed by atoms with Crippen LogP contribution in [0.4, 0.5) is 5.69 Å². The van der Waals surface area contributed by atoms with E-state index in [1.165, 1.54) is 5.56 Å². The zero-order valence-corrected chi connectivity index (χ0v) is 11.3. The maximum Gasteiger partial charge on any atom is 0.244 e. The fourth-order valence-corrected chi connectivity index (χ4v) is 2.46. The lowest BCUT2D eigenvalue weighted by Crippen LogP contribution is -2.54. The summed E-state index contributed by atoms with van der Waals surface area (Å²) in [6.07, 6.45) is 4.12. The van der Waals surface area contributed by atoms with E-state index in [1.807, 2.05) is 25.1 Å². The lowest BCUT2D eigenvalue weighted by atomic mass is 9.90. The number of rotatable bonds is 3. The first kappa shape index (κ1) is 13.1. The van der Waals surface area contributed by atoms with Gasteiger partial charge in [-0.1, -0.05) is 25.1 Å². The van der Waals surface area contributed by atoms with Crippen LogP contribution in [0.5, 0.6) is 0 Å². The number of amides is 1. The van der Waals surface area contributed by atoms with Crippen molar-refractivity contribution in [1.29, 1.82) is 0 Å². The molecule has 1 aromatic carbocycles. The number of piperidine rings is 1. The summed E-state index contributed by atoms with van der Waals surface area (Å²) in [4.78, 5) is 12.4. The summed E-state index contributed by atoms with van der Waals surface area (Å²) in [5.41, 5.74) is 1.71. The van der Waals surface area contributed by atoms with Crippen LogP contribution in [0.1, 0.15) is 38.7 Å². The number of carbonyl (C=O) groups excluding carboxylic acids is 1. The minimum atomic E-state index is -0.418. The van der Waals surface area contributed by atoms with Gasteiger partial charge in [0, 0.05) is 5.69 Å². The van der Waals surface area contributed by atoms with E-state index in [0.717, 1.165) is 37.9 Å². The van der Waals surface area contributed by atoms with Crippen LogP contribution in [0.3, 0.4) is 0 Å². The number of hydrogen-bond donors (Lipinski definition) is 2. The highest BCUT2D eigenvalue weighted by Gasteiger charge is 2.34. The first-order chi connectivity index (χ1) is 8.65. The van der Waals surface area contributed by atoms with E-state index < -0.39 is 5.54 Å². The molecule has 1 fully saturated rings. The number of para-hydroxylation sites is 1. The Bertz CT molecular complexity index is 422. The van der Waals surface area contributed by atoms with Crippen LogP contribution in [0.2, 0.25) is 0 Å². The Balaban J connectivity index is 2.10. The van der Waals surface area contributed by atoms with E-state index in [-0.39, 0.29) is 5.91 Å². The minimum absolute atomic E-state index is 0.0862. The van der Waals surface area contributed by atoms with Crippen LogP contribution in [0.25, 0.3) is 0 Å². The molecule has 1 aliphatic rings. The predicted octanol–water partition coefficient (Wildman–Crippen LogP) is 2.72. The molecule has 18 heavy (non-hydrogen) atoms. The fraction of sp³-hybridized carbons (Fsp3) is 0.533.